The second kappa shape index (κ2) is 11.9. The molecule has 186 valence electrons. The van der Waals surface area contributed by atoms with Gasteiger partial charge in [0, 0.05) is 13.1 Å². The van der Waals surface area contributed by atoms with Crippen molar-refractivity contribution in [3.8, 4) is 0 Å². The Morgan fingerprint density at radius 1 is 1.06 bits per heavy atom. The fourth-order valence-corrected chi connectivity index (χ4v) is 4.28. The summed E-state index contributed by atoms with van der Waals surface area (Å²) >= 11 is 12.1. The molecule has 0 aliphatic carbocycles. The lowest BCUT2D eigenvalue weighted by molar-refractivity contribution is -0.139. The number of halogens is 3. The minimum absolute atomic E-state index is 0.00208. The molecule has 0 saturated heterocycles. The number of carbonyl (C=O) groups excluding carboxylic acids is 2. The maximum absolute atomic E-state index is 13.8. The van der Waals surface area contributed by atoms with Gasteiger partial charge in [0.15, 0.2) is 0 Å². The Bertz CT molecular complexity index is 1140. The van der Waals surface area contributed by atoms with Crippen molar-refractivity contribution in [3.05, 3.63) is 63.9 Å². The summed E-state index contributed by atoms with van der Waals surface area (Å²) in [4.78, 5) is 27.4. The average molecular weight is 532 g/mol. The molecule has 2 rings (SSSR count). The zero-order valence-corrected chi connectivity index (χ0v) is 21.7. The number of nitrogens with one attached hydrogen (secondary N) is 1. The monoisotopic (exact) mass is 531 g/mol. The van der Waals surface area contributed by atoms with E-state index >= 15 is 0 Å². The number of hydrogen-bond acceptors (Lipinski definition) is 4. The fraction of sp³-hybridized carbons (Fsp3) is 0.391. The summed E-state index contributed by atoms with van der Waals surface area (Å²) < 4.78 is 39.5. The number of amides is 2. The van der Waals surface area contributed by atoms with Gasteiger partial charge in [-0.15, -0.1) is 0 Å². The second-order valence-corrected chi connectivity index (χ2v) is 11.1. The zero-order valence-electron chi connectivity index (χ0n) is 19.4. The number of hydrogen-bond donors (Lipinski definition) is 1. The van der Waals surface area contributed by atoms with Crippen LogP contribution in [0.5, 0.6) is 0 Å². The molecule has 0 radical (unpaired) electrons. The van der Waals surface area contributed by atoms with E-state index in [2.05, 4.69) is 5.32 Å². The first-order chi connectivity index (χ1) is 15.8. The van der Waals surface area contributed by atoms with Crippen molar-refractivity contribution >= 4 is 50.7 Å². The van der Waals surface area contributed by atoms with Crippen molar-refractivity contribution in [3.63, 3.8) is 0 Å². The van der Waals surface area contributed by atoms with E-state index in [-0.39, 0.29) is 23.2 Å². The van der Waals surface area contributed by atoms with E-state index in [1.165, 1.54) is 23.1 Å². The minimum Gasteiger partial charge on any atom is -0.354 e. The predicted octanol–water partition coefficient (Wildman–Crippen LogP) is 4.09. The predicted molar refractivity (Wildman–Crippen MR) is 133 cm³/mol. The minimum atomic E-state index is -3.94. The van der Waals surface area contributed by atoms with Gasteiger partial charge in [0.2, 0.25) is 21.8 Å². The third kappa shape index (κ3) is 7.85. The number of carbonyl (C=O) groups is 2. The SMILES string of the molecule is CC(C)CNC(=O)[C@H](C)N(Cc1ccc(Cl)c(Cl)c1)C(=O)CN(c1cccc(F)c1)S(C)(=O)=O. The van der Waals surface area contributed by atoms with Crippen LogP contribution in [0.3, 0.4) is 0 Å². The van der Waals surface area contributed by atoms with Crippen LogP contribution in [-0.2, 0) is 26.2 Å². The smallest absolute Gasteiger partial charge is 0.244 e. The first-order valence-corrected chi connectivity index (χ1v) is 13.1. The van der Waals surface area contributed by atoms with Crippen LogP contribution >= 0.6 is 23.2 Å². The van der Waals surface area contributed by atoms with Crippen LogP contribution in [0.25, 0.3) is 0 Å². The molecular formula is C23H28Cl2FN3O4S. The molecule has 0 fully saturated rings. The standard InChI is InChI=1S/C23H28Cl2FN3O4S/c1-15(2)12-27-23(31)16(3)28(13-17-8-9-20(24)21(25)10-17)22(30)14-29(34(4,32)33)19-7-5-6-18(26)11-19/h5-11,15-16H,12-14H2,1-4H3,(H,27,31)/t16-/m0/s1. The van der Waals surface area contributed by atoms with E-state index in [0.717, 1.165) is 16.6 Å². The molecular weight excluding hydrogens is 504 g/mol. The summed E-state index contributed by atoms with van der Waals surface area (Å²) in [6.45, 7) is 5.20. The molecule has 0 spiro atoms. The lowest BCUT2D eigenvalue weighted by Crippen LogP contribution is -2.51. The van der Waals surface area contributed by atoms with Crippen LogP contribution in [0.4, 0.5) is 10.1 Å². The highest BCUT2D eigenvalue weighted by molar-refractivity contribution is 7.92. The van der Waals surface area contributed by atoms with Gasteiger partial charge < -0.3 is 10.2 Å². The third-order valence-corrected chi connectivity index (χ3v) is 6.84. The molecule has 11 heteroatoms. The second-order valence-electron chi connectivity index (χ2n) is 8.33. The van der Waals surface area contributed by atoms with E-state index in [1.54, 1.807) is 25.1 Å². The molecule has 0 heterocycles. The summed E-state index contributed by atoms with van der Waals surface area (Å²) in [5.41, 5.74) is 0.602. The lowest BCUT2D eigenvalue weighted by Gasteiger charge is -2.31. The number of rotatable bonds is 10. The Hall–Kier alpha value is -2.36. The molecule has 34 heavy (non-hydrogen) atoms. The molecule has 1 N–H and O–H groups in total. The van der Waals surface area contributed by atoms with Crippen molar-refractivity contribution in [2.24, 2.45) is 5.92 Å². The summed E-state index contributed by atoms with van der Waals surface area (Å²) in [7, 11) is -3.94. The summed E-state index contributed by atoms with van der Waals surface area (Å²) in [6, 6.07) is 8.82. The molecule has 2 amide bonds. The summed E-state index contributed by atoms with van der Waals surface area (Å²) in [5, 5.41) is 3.40. The van der Waals surface area contributed by atoms with Crippen LogP contribution in [0.1, 0.15) is 26.3 Å². The highest BCUT2D eigenvalue weighted by Gasteiger charge is 2.30. The maximum Gasteiger partial charge on any atom is 0.244 e. The first-order valence-electron chi connectivity index (χ1n) is 10.5. The quantitative estimate of drug-likeness (QED) is 0.500. The van der Waals surface area contributed by atoms with Gasteiger partial charge in [0.1, 0.15) is 18.4 Å². The largest absolute Gasteiger partial charge is 0.354 e. The van der Waals surface area contributed by atoms with Gasteiger partial charge >= 0.3 is 0 Å². The van der Waals surface area contributed by atoms with Gasteiger partial charge in [-0.2, -0.15) is 0 Å². The fourth-order valence-electron chi connectivity index (χ4n) is 3.11. The van der Waals surface area contributed by atoms with E-state index < -0.39 is 40.2 Å². The molecule has 0 unspecified atom stereocenters. The van der Waals surface area contributed by atoms with E-state index in [9.17, 15) is 22.4 Å². The summed E-state index contributed by atoms with van der Waals surface area (Å²) in [5.74, 6) is -1.48. The Morgan fingerprint density at radius 3 is 2.29 bits per heavy atom. The Morgan fingerprint density at radius 2 is 1.74 bits per heavy atom. The van der Waals surface area contributed by atoms with Crippen LogP contribution in [-0.4, -0.2) is 50.5 Å². The Kier molecular flexibility index (Phi) is 9.73. The highest BCUT2D eigenvalue weighted by Crippen LogP contribution is 2.24. The molecule has 0 saturated carbocycles. The van der Waals surface area contributed by atoms with Crippen molar-refractivity contribution in [1.82, 2.24) is 10.2 Å². The summed E-state index contributed by atoms with van der Waals surface area (Å²) in [6.07, 6.45) is 0.924. The van der Waals surface area contributed by atoms with Gasteiger partial charge in [-0.3, -0.25) is 13.9 Å². The molecule has 0 aliphatic rings. The molecule has 2 aromatic carbocycles. The third-order valence-electron chi connectivity index (χ3n) is 4.96. The van der Waals surface area contributed by atoms with Crippen molar-refractivity contribution in [2.45, 2.75) is 33.4 Å². The van der Waals surface area contributed by atoms with Crippen molar-refractivity contribution < 1.29 is 22.4 Å². The first kappa shape index (κ1) is 27.9. The van der Waals surface area contributed by atoms with Gasteiger partial charge in [0.25, 0.3) is 0 Å². The lowest BCUT2D eigenvalue weighted by atomic mass is 10.1. The maximum atomic E-state index is 13.8. The van der Waals surface area contributed by atoms with Gasteiger partial charge in [-0.1, -0.05) is 49.2 Å². The van der Waals surface area contributed by atoms with Gasteiger partial charge in [0.05, 0.1) is 22.0 Å². The van der Waals surface area contributed by atoms with Crippen LogP contribution in [0.15, 0.2) is 42.5 Å². The van der Waals surface area contributed by atoms with Gasteiger partial charge in [-0.25, -0.2) is 12.8 Å². The van der Waals surface area contributed by atoms with E-state index in [4.69, 9.17) is 23.2 Å². The van der Waals surface area contributed by atoms with Crippen molar-refractivity contribution in [1.29, 1.82) is 0 Å². The Labute approximate surface area is 209 Å². The zero-order chi connectivity index (χ0) is 25.6. The highest BCUT2D eigenvalue weighted by atomic mass is 35.5. The van der Waals surface area contributed by atoms with E-state index in [1.807, 2.05) is 13.8 Å². The number of sulfonamides is 1. The molecule has 0 aliphatic heterocycles. The van der Waals surface area contributed by atoms with Crippen LogP contribution < -0.4 is 9.62 Å². The normalized spacial score (nSPS) is 12.4. The number of nitrogens with zero attached hydrogens (tertiary/aromatic N) is 2. The van der Waals surface area contributed by atoms with Crippen LogP contribution in [0.2, 0.25) is 10.0 Å². The van der Waals surface area contributed by atoms with Gasteiger partial charge in [-0.05, 0) is 48.7 Å². The topological polar surface area (TPSA) is 86.8 Å². The van der Waals surface area contributed by atoms with E-state index in [0.29, 0.717) is 17.1 Å². The molecule has 7 nitrogen and oxygen atoms in total. The molecule has 0 bridgehead atoms. The molecule has 2 aromatic rings. The van der Waals surface area contributed by atoms with Crippen LogP contribution in [0, 0.1) is 11.7 Å². The van der Waals surface area contributed by atoms with Crippen molar-refractivity contribution in [2.75, 3.05) is 23.7 Å². The average Bonchev–Trinajstić information content (AvgIpc) is 2.75. The molecule has 1 atom stereocenters. The molecule has 0 aromatic heterocycles. The number of benzene rings is 2. The number of anilines is 1. The Balaban J connectivity index is 2.39.